The Hall–Kier alpha value is -0.940. The molecule has 1 aromatic heterocycles. The van der Waals surface area contributed by atoms with Gasteiger partial charge in [-0.25, -0.2) is 4.99 Å². The molecule has 1 N–H and O–H groups in total. The van der Waals surface area contributed by atoms with Crippen molar-refractivity contribution in [1.29, 1.82) is 0 Å². The van der Waals surface area contributed by atoms with Gasteiger partial charge in [0, 0.05) is 9.35 Å². The summed E-state index contributed by atoms with van der Waals surface area (Å²) in [5, 5.41) is 4.59. The lowest BCUT2D eigenvalue weighted by atomic mass is 10.3. The molecule has 0 aromatic carbocycles. The molecule has 0 atom stereocenters. The van der Waals surface area contributed by atoms with E-state index in [1.807, 2.05) is 11.4 Å². The number of nitrogens with one attached hydrogen (secondary N) is 1. The van der Waals surface area contributed by atoms with Crippen LogP contribution < -0.4 is 5.32 Å². The first-order chi connectivity index (χ1) is 6.66. The number of amides is 1. The van der Waals surface area contributed by atoms with Gasteiger partial charge in [-0.1, -0.05) is 0 Å². The molecule has 5 heteroatoms. The van der Waals surface area contributed by atoms with Crippen LogP contribution in [0.3, 0.4) is 0 Å². The summed E-state index contributed by atoms with van der Waals surface area (Å²) in [5.41, 5.74) is 0.464. The summed E-state index contributed by atoms with van der Waals surface area (Å²) in [6, 6.07) is 1.94. The van der Waals surface area contributed by atoms with E-state index >= 15 is 0 Å². The first-order valence-electron chi connectivity index (χ1n) is 3.98. The number of hydrogen-bond donors (Lipinski definition) is 1. The number of carbonyl (C=O) groups is 1. The van der Waals surface area contributed by atoms with Crippen LogP contribution in [0.2, 0.25) is 0 Å². The summed E-state index contributed by atoms with van der Waals surface area (Å²) >= 11 is 4.96. The minimum atomic E-state index is -0.136. The third-order valence-electron chi connectivity index (χ3n) is 1.73. The van der Waals surface area contributed by atoms with Crippen LogP contribution in [0.4, 0.5) is 0 Å². The second-order valence-electron chi connectivity index (χ2n) is 2.81. The summed E-state index contributed by atoms with van der Waals surface area (Å²) in [7, 11) is 0. The van der Waals surface area contributed by atoms with Crippen LogP contribution in [0.15, 0.2) is 26.6 Å². The first-order valence-corrected chi connectivity index (χ1v) is 5.65. The van der Waals surface area contributed by atoms with E-state index in [9.17, 15) is 4.79 Å². The molecule has 2 heterocycles. The predicted molar refractivity (Wildman–Crippen MR) is 61.2 cm³/mol. The van der Waals surface area contributed by atoms with Crippen LogP contribution in [-0.2, 0) is 4.79 Å². The highest BCUT2D eigenvalue weighted by atomic mass is 79.9. The van der Waals surface area contributed by atoms with Crippen LogP contribution >= 0.6 is 27.3 Å². The molecule has 0 spiro atoms. The van der Waals surface area contributed by atoms with E-state index in [0.717, 1.165) is 9.35 Å². The van der Waals surface area contributed by atoms with E-state index in [4.69, 9.17) is 0 Å². The Balaban J connectivity index is 2.36. The van der Waals surface area contributed by atoms with Crippen molar-refractivity contribution in [3.8, 4) is 0 Å². The Morgan fingerprint density at radius 1 is 1.64 bits per heavy atom. The van der Waals surface area contributed by atoms with Crippen LogP contribution in [0.1, 0.15) is 11.8 Å². The molecule has 1 aliphatic rings. The number of hydrogen-bond acceptors (Lipinski definition) is 3. The molecular weight excluding hydrogens is 264 g/mol. The average Bonchev–Trinajstić information content (AvgIpc) is 2.62. The predicted octanol–water partition coefficient (Wildman–Crippen LogP) is 2.40. The Morgan fingerprint density at radius 2 is 2.43 bits per heavy atom. The Kier molecular flexibility index (Phi) is 2.52. The number of amidine groups is 1. The summed E-state index contributed by atoms with van der Waals surface area (Å²) in [6.45, 7) is 1.77. The fraction of sp³-hybridized carbons (Fsp3) is 0.111. The second kappa shape index (κ2) is 3.67. The average molecular weight is 271 g/mol. The molecule has 3 nitrogen and oxygen atoms in total. The van der Waals surface area contributed by atoms with Crippen molar-refractivity contribution in [2.75, 3.05) is 0 Å². The van der Waals surface area contributed by atoms with Gasteiger partial charge in [0.25, 0.3) is 5.91 Å². The van der Waals surface area contributed by atoms with Crippen molar-refractivity contribution in [3.05, 3.63) is 26.5 Å². The molecule has 0 unspecified atom stereocenters. The third-order valence-corrected chi connectivity index (χ3v) is 3.55. The van der Waals surface area contributed by atoms with Gasteiger partial charge in [0.2, 0.25) is 0 Å². The number of nitrogens with zero attached hydrogens (tertiary/aromatic N) is 1. The maximum Gasteiger partial charge on any atom is 0.275 e. The zero-order valence-electron chi connectivity index (χ0n) is 7.37. The van der Waals surface area contributed by atoms with E-state index in [1.54, 1.807) is 24.3 Å². The quantitative estimate of drug-likeness (QED) is 0.783. The molecule has 0 saturated heterocycles. The maximum atomic E-state index is 11.3. The van der Waals surface area contributed by atoms with E-state index in [1.165, 1.54) is 0 Å². The van der Waals surface area contributed by atoms with Gasteiger partial charge in [-0.05, 0) is 40.4 Å². The number of thiophene rings is 1. The molecule has 0 saturated carbocycles. The summed E-state index contributed by atoms with van der Waals surface area (Å²) in [6.07, 6.45) is 1.78. The van der Waals surface area contributed by atoms with Gasteiger partial charge in [0.1, 0.15) is 11.5 Å². The van der Waals surface area contributed by atoms with Crippen molar-refractivity contribution < 1.29 is 4.79 Å². The maximum absolute atomic E-state index is 11.3. The van der Waals surface area contributed by atoms with Gasteiger partial charge in [0.15, 0.2) is 0 Å². The minimum absolute atomic E-state index is 0.136. The largest absolute Gasteiger partial charge is 0.309 e. The minimum Gasteiger partial charge on any atom is -0.309 e. The monoisotopic (exact) mass is 270 g/mol. The normalized spacial score (nSPS) is 18.6. The number of carbonyl (C=O) groups excluding carboxylic acids is 1. The molecule has 1 aromatic rings. The molecule has 0 aliphatic carbocycles. The molecule has 0 bridgehead atoms. The van der Waals surface area contributed by atoms with Gasteiger partial charge in [-0.2, -0.15) is 0 Å². The fourth-order valence-electron chi connectivity index (χ4n) is 1.12. The van der Waals surface area contributed by atoms with Crippen LogP contribution in [0.25, 0.3) is 6.08 Å². The van der Waals surface area contributed by atoms with Crippen LogP contribution in [0, 0.1) is 0 Å². The Bertz CT molecular complexity index is 447. The molecule has 2 rings (SSSR count). The summed E-state index contributed by atoms with van der Waals surface area (Å²) in [4.78, 5) is 16.4. The summed E-state index contributed by atoms with van der Waals surface area (Å²) < 4.78 is 0.988. The van der Waals surface area contributed by atoms with Gasteiger partial charge < -0.3 is 5.32 Å². The number of aliphatic imine (C=N–C) groups is 1. The molecule has 1 aliphatic heterocycles. The zero-order valence-corrected chi connectivity index (χ0v) is 9.78. The Labute approximate surface area is 93.7 Å². The highest BCUT2D eigenvalue weighted by Gasteiger charge is 2.17. The highest BCUT2D eigenvalue weighted by Crippen LogP contribution is 2.26. The van der Waals surface area contributed by atoms with Crippen molar-refractivity contribution in [1.82, 2.24) is 5.32 Å². The second-order valence-corrected chi connectivity index (χ2v) is 4.62. The lowest BCUT2D eigenvalue weighted by Gasteiger charge is -1.90. The molecule has 14 heavy (non-hydrogen) atoms. The van der Waals surface area contributed by atoms with Crippen molar-refractivity contribution in [2.45, 2.75) is 6.92 Å². The molecular formula is C9H7BrN2OS. The van der Waals surface area contributed by atoms with Crippen molar-refractivity contribution >= 4 is 45.1 Å². The van der Waals surface area contributed by atoms with Crippen LogP contribution in [0.5, 0.6) is 0 Å². The topological polar surface area (TPSA) is 41.5 Å². The lowest BCUT2D eigenvalue weighted by molar-refractivity contribution is -0.115. The third kappa shape index (κ3) is 1.78. The van der Waals surface area contributed by atoms with Crippen molar-refractivity contribution in [2.24, 2.45) is 4.99 Å². The lowest BCUT2D eigenvalue weighted by Crippen LogP contribution is -2.21. The molecule has 0 radical (unpaired) electrons. The van der Waals surface area contributed by atoms with Gasteiger partial charge in [0.05, 0.1) is 0 Å². The standard InChI is InChI=1S/C9H7BrN2OS/c1-5-11-7(9(13)12-5)4-8-6(10)2-3-14-8/h2-4H,1H3,(H,11,12,13). The number of rotatable bonds is 1. The Morgan fingerprint density at radius 3 is 2.93 bits per heavy atom. The first kappa shape index (κ1) is 9.61. The van der Waals surface area contributed by atoms with Crippen molar-refractivity contribution in [3.63, 3.8) is 0 Å². The van der Waals surface area contributed by atoms with E-state index in [0.29, 0.717) is 11.5 Å². The fourth-order valence-corrected chi connectivity index (χ4v) is 2.53. The van der Waals surface area contributed by atoms with Gasteiger partial charge in [-0.15, -0.1) is 11.3 Å². The molecule has 72 valence electrons. The van der Waals surface area contributed by atoms with Gasteiger partial charge in [-0.3, -0.25) is 4.79 Å². The number of halogens is 1. The smallest absolute Gasteiger partial charge is 0.275 e. The SMILES string of the molecule is CC1=NC(=Cc2sccc2Br)C(=O)N1. The molecule has 1 amide bonds. The van der Waals surface area contributed by atoms with Gasteiger partial charge >= 0.3 is 0 Å². The zero-order chi connectivity index (χ0) is 10.1. The van der Waals surface area contributed by atoms with E-state index in [-0.39, 0.29) is 5.91 Å². The van der Waals surface area contributed by atoms with Crippen LogP contribution in [-0.4, -0.2) is 11.7 Å². The summed E-state index contributed by atoms with van der Waals surface area (Å²) in [5.74, 6) is 0.511. The highest BCUT2D eigenvalue weighted by molar-refractivity contribution is 9.10. The molecule has 0 fully saturated rings. The van der Waals surface area contributed by atoms with E-state index in [2.05, 4.69) is 26.2 Å². The van der Waals surface area contributed by atoms with E-state index < -0.39 is 0 Å².